The van der Waals surface area contributed by atoms with Gasteiger partial charge in [0.25, 0.3) is 0 Å². The Labute approximate surface area is 254 Å². The van der Waals surface area contributed by atoms with Gasteiger partial charge in [-0.05, 0) is 56.9 Å². The third-order valence-electron chi connectivity index (χ3n) is 9.85. The molecule has 1 spiro atoms. The number of aliphatic hydroxyl groups excluding tert-OH is 3. The van der Waals surface area contributed by atoms with Crippen LogP contribution in [0.5, 0.6) is 5.75 Å². The quantitative estimate of drug-likeness (QED) is 0.159. The monoisotopic (exact) mass is 616 g/mol. The van der Waals surface area contributed by atoms with E-state index in [9.17, 15) is 39.9 Å². The van der Waals surface area contributed by atoms with E-state index in [2.05, 4.69) is 0 Å². The number of phenols is 1. The van der Waals surface area contributed by atoms with Crippen LogP contribution in [0, 0.1) is 16.7 Å². The number of carbonyl (C=O) groups is 3. The number of esters is 2. The van der Waals surface area contributed by atoms with Crippen LogP contribution in [0.4, 0.5) is 0 Å². The average Bonchev–Trinajstić information content (AvgIpc) is 3.74. The SMILES string of the molecule is CC(=O)OC1C(OC23C=C(C)C4(CC4)C(C)(O)C2C(=O)C(C)(CO)C3)OC(CO)C(OC(=O)C=Cc2ccc(O)cc2)C1O. The molecule has 9 atom stereocenters. The number of phenolic OH excluding ortho intramolecular Hbond substituents is 1. The first kappa shape index (κ1) is 32.3. The largest absolute Gasteiger partial charge is 0.508 e. The zero-order valence-electron chi connectivity index (χ0n) is 25.1. The molecule has 1 aromatic carbocycles. The number of ether oxygens (including phenoxy) is 4. The topological polar surface area (TPSA) is 189 Å². The molecule has 1 heterocycles. The normalized spacial score (nSPS) is 39.2. The van der Waals surface area contributed by atoms with Crippen LogP contribution in [-0.4, -0.2) is 98.4 Å². The second-order valence-corrected chi connectivity index (χ2v) is 12.9. The van der Waals surface area contributed by atoms with Crippen LogP contribution in [0.25, 0.3) is 6.08 Å². The highest BCUT2D eigenvalue weighted by molar-refractivity contribution is 5.93. The molecule has 12 heteroatoms. The van der Waals surface area contributed by atoms with Gasteiger partial charge >= 0.3 is 11.9 Å². The second-order valence-electron chi connectivity index (χ2n) is 12.9. The van der Waals surface area contributed by atoms with Crippen molar-refractivity contribution in [2.75, 3.05) is 13.2 Å². The number of aromatic hydroxyl groups is 1. The molecule has 0 bridgehead atoms. The van der Waals surface area contributed by atoms with E-state index in [0.717, 1.165) is 18.6 Å². The zero-order chi connectivity index (χ0) is 32.2. The highest BCUT2D eigenvalue weighted by Crippen LogP contribution is 2.69. The molecule has 2 saturated carbocycles. The van der Waals surface area contributed by atoms with Gasteiger partial charge in [-0.3, -0.25) is 9.59 Å². The van der Waals surface area contributed by atoms with Crippen molar-refractivity contribution in [3.63, 3.8) is 0 Å². The van der Waals surface area contributed by atoms with Gasteiger partial charge in [-0.2, -0.15) is 0 Å². The molecule has 5 N–H and O–H groups in total. The lowest BCUT2D eigenvalue weighted by Crippen LogP contribution is -2.65. The molecule has 4 aliphatic rings. The van der Waals surface area contributed by atoms with E-state index in [1.165, 1.54) is 18.2 Å². The minimum atomic E-state index is -1.72. The van der Waals surface area contributed by atoms with Gasteiger partial charge in [0.1, 0.15) is 29.3 Å². The summed E-state index contributed by atoms with van der Waals surface area (Å²) < 4.78 is 23.4. The predicted molar refractivity (Wildman–Crippen MR) is 152 cm³/mol. The van der Waals surface area contributed by atoms with Crippen LogP contribution in [0.3, 0.4) is 0 Å². The van der Waals surface area contributed by atoms with Gasteiger partial charge in [0.2, 0.25) is 0 Å². The number of rotatable bonds is 8. The molecule has 0 amide bonds. The minimum Gasteiger partial charge on any atom is -0.508 e. The smallest absolute Gasteiger partial charge is 0.331 e. The maximum absolute atomic E-state index is 13.9. The maximum Gasteiger partial charge on any atom is 0.331 e. The molecule has 0 radical (unpaired) electrons. The molecule has 44 heavy (non-hydrogen) atoms. The lowest BCUT2D eigenvalue weighted by Gasteiger charge is -2.52. The molecule has 240 valence electrons. The summed E-state index contributed by atoms with van der Waals surface area (Å²) in [5.41, 5.74) is -3.56. The summed E-state index contributed by atoms with van der Waals surface area (Å²) in [6.45, 7) is 4.93. The summed E-state index contributed by atoms with van der Waals surface area (Å²) in [7, 11) is 0. The Morgan fingerprint density at radius 1 is 1.09 bits per heavy atom. The number of aliphatic hydroxyl groups is 4. The van der Waals surface area contributed by atoms with Gasteiger partial charge in [0, 0.05) is 18.4 Å². The molecule has 1 aliphatic heterocycles. The van der Waals surface area contributed by atoms with Crippen LogP contribution < -0.4 is 0 Å². The summed E-state index contributed by atoms with van der Waals surface area (Å²) in [5.74, 6) is -3.14. The van der Waals surface area contributed by atoms with Gasteiger partial charge in [-0.25, -0.2) is 4.79 Å². The summed E-state index contributed by atoms with van der Waals surface area (Å²) in [6.07, 6.45) is -2.04. The summed E-state index contributed by atoms with van der Waals surface area (Å²) in [5, 5.41) is 53.2. The van der Waals surface area contributed by atoms with Crippen molar-refractivity contribution in [1.82, 2.24) is 0 Å². The van der Waals surface area contributed by atoms with Gasteiger partial charge in [0.15, 0.2) is 18.5 Å². The molecule has 3 aliphatic carbocycles. The molecule has 1 saturated heterocycles. The summed E-state index contributed by atoms with van der Waals surface area (Å²) >= 11 is 0. The Morgan fingerprint density at radius 2 is 1.75 bits per heavy atom. The number of carbonyl (C=O) groups excluding carboxylic acids is 3. The Balaban J connectivity index is 1.45. The van der Waals surface area contributed by atoms with Crippen LogP contribution in [-0.2, 0) is 33.3 Å². The van der Waals surface area contributed by atoms with Crippen LogP contribution >= 0.6 is 0 Å². The lowest BCUT2D eigenvalue weighted by atomic mass is 9.61. The standard InChI is InChI=1S/C32H40O12/c1-17-13-32(15-29(3,16-34)27(39)26(32)30(4,40)31(17)11-12-31)44-28-25(41-18(2)35)23(38)24(21(14-33)42-28)43-22(37)10-7-19-5-8-20(36)9-6-19/h5-10,13,21,23-26,28,33-34,36,38,40H,11-12,14-16H2,1-4H3. The average molecular weight is 617 g/mol. The van der Waals surface area contributed by atoms with E-state index < -0.39 is 83.8 Å². The second kappa shape index (κ2) is 11.3. The molecule has 5 rings (SSSR count). The Hall–Kier alpha value is -3.13. The van der Waals surface area contributed by atoms with Crippen LogP contribution in [0.1, 0.15) is 52.5 Å². The van der Waals surface area contributed by atoms with Gasteiger partial charge in [-0.1, -0.05) is 30.7 Å². The number of hydrogen-bond acceptors (Lipinski definition) is 12. The highest BCUT2D eigenvalue weighted by atomic mass is 16.7. The number of Topliss-reactive ketones (excluding diaryl/α,β-unsaturated/α-hetero) is 1. The van der Waals surface area contributed by atoms with E-state index in [1.807, 2.05) is 6.92 Å². The molecule has 12 nitrogen and oxygen atoms in total. The number of hydrogen-bond donors (Lipinski definition) is 5. The Kier molecular flexibility index (Phi) is 8.32. The third-order valence-corrected chi connectivity index (χ3v) is 9.85. The van der Waals surface area contributed by atoms with Crippen LogP contribution in [0.2, 0.25) is 0 Å². The molecule has 0 aromatic heterocycles. The Bertz CT molecular complexity index is 1360. The van der Waals surface area contributed by atoms with Gasteiger partial charge in [-0.15, -0.1) is 0 Å². The van der Waals surface area contributed by atoms with Gasteiger partial charge < -0.3 is 44.5 Å². The fourth-order valence-corrected chi connectivity index (χ4v) is 7.46. The number of benzene rings is 1. The van der Waals surface area contributed by atoms with E-state index in [-0.39, 0.29) is 18.0 Å². The van der Waals surface area contributed by atoms with Crippen molar-refractivity contribution in [2.24, 2.45) is 16.7 Å². The summed E-state index contributed by atoms with van der Waals surface area (Å²) in [4.78, 5) is 38.7. The minimum absolute atomic E-state index is 0.0312. The summed E-state index contributed by atoms with van der Waals surface area (Å²) in [6, 6.07) is 6.01. The molecule has 1 aromatic rings. The number of ketones is 1. The van der Waals surface area contributed by atoms with Crippen molar-refractivity contribution in [2.45, 2.75) is 88.9 Å². The zero-order valence-corrected chi connectivity index (χ0v) is 25.1. The lowest BCUT2D eigenvalue weighted by molar-refractivity contribution is -0.332. The van der Waals surface area contributed by atoms with Gasteiger partial charge in [0.05, 0.1) is 30.1 Å². The van der Waals surface area contributed by atoms with E-state index >= 15 is 0 Å². The molecular formula is C32H40O12. The van der Waals surface area contributed by atoms with Crippen molar-refractivity contribution < 1.29 is 58.9 Å². The molecule has 3 fully saturated rings. The molecular weight excluding hydrogens is 576 g/mol. The third kappa shape index (κ3) is 5.27. The number of fused-ring (bicyclic) bond motifs is 1. The molecule has 9 unspecified atom stereocenters. The van der Waals surface area contributed by atoms with E-state index in [1.54, 1.807) is 32.1 Å². The van der Waals surface area contributed by atoms with E-state index in [0.29, 0.717) is 18.4 Å². The maximum atomic E-state index is 13.9. The first-order chi connectivity index (χ1) is 20.6. The fraction of sp³-hybridized carbons (Fsp3) is 0.594. The van der Waals surface area contributed by atoms with Crippen molar-refractivity contribution >= 4 is 23.8 Å². The van der Waals surface area contributed by atoms with Crippen molar-refractivity contribution in [3.8, 4) is 5.75 Å². The highest BCUT2D eigenvalue weighted by Gasteiger charge is 2.74. The Morgan fingerprint density at radius 3 is 2.32 bits per heavy atom. The first-order valence-electron chi connectivity index (χ1n) is 14.7. The first-order valence-corrected chi connectivity index (χ1v) is 14.7. The van der Waals surface area contributed by atoms with Crippen LogP contribution in [0.15, 0.2) is 42.0 Å². The van der Waals surface area contributed by atoms with Crippen molar-refractivity contribution in [3.05, 3.63) is 47.6 Å². The predicted octanol–water partition coefficient (Wildman–Crippen LogP) is 1.16. The van der Waals surface area contributed by atoms with E-state index in [4.69, 9.17) is 18.9 Å². The fourth-order valence-electron chi connectivity index (χ4n) is 7.46. The van der Waals surface area contributed by atoms with Crippen molar-refractivity contribution in [1.29, 1.82) is 0 Å².